The number of carbonyl (C=O) groups excluding carboxylic acids is 2. The largest absolute Gasteiger partial charge is 0.351 e. The van der Waals surface area contributed by atoms with Crippen LogP contribution in [-0.4, -0.2) is 22.0 Å². The molecule has 0 saturated heterocycles. The summed E-state index contributed by atoms with van der Waals surface area (Å²) in [5, 5.41) is 9.67. The lowest BCUT2D eigenvalue weighted by molar-refractivity contribution is -0.120. The van der Waals surface area contributed by atoms with Crippen LogP contribution in [0.1, 0.15) is 47.4 Å². The molecule has 0 bridgehead atoms. The van der Waals surface area contributed by atoms with Crippen molar-refractivity contribution in [2.24, 2.45) is 0 Å². The summed E-state index contributed by atoms with van der Waals surface area (Å²) in [6, 6.07) is 12.4. The minimum atomic E-state index is -0.415. The monoisotopic (exact) mass is 384 g/mol. The van der Waals surface area contributed by atoms with Gasteiger partial charge < -0.3 is 15.2 Å². The molecule has 1 aromatic carbocycles. The molecule has 0 aliphatic heterocycles. The number of rotatable bonds is 7. The van der Waals surface area contributed by atoms with Crippen molar-refractivity contribution in [2.45, 2.75) is 32.9 Å². The highest BCUT2D eigenvalue weighted by Gasteiger charge is 2.19. The summed E-state index contributed by atoms with van der Waals surface area (Å²) >= 11 is 1.49. The van der Waals surface area contributed by atoms with E-state index >= 15 is 0 Å². The van der Waals surface area contributed by atoms with Gasteiger partial charge in [0.2, 0.25) is 17.6 Å². The lowest BCUT2D eigenvalue weighted by Crippen LogP contribution is -2.26. The molecule has 7 nitrogen and oxygen atoms in total. The van der Waals surface area contributed by atoms with Crippen molar-refractivity contribution in [1.82, 2.24) is 20.8 Å². The van der Waals surface area contributed by atoms with Crippen LogP contribution in [0.3, 0.4) is 0 Å². The van der Waals surface area contributed by atoms with Crippen LogP contribution in [0.5, 0.6) is 0 Å². The highest BCUT2D eigenvalue weighted by molar-refractivity contribution is 7.15. The zero-order valence-electron chi connectivity index (χ0n) is 15.1. The minimum Gasteiger partial charge on any atom is -0.351 e. The molecule has 0 fully saturated rings. The van der Waals surface area contributed by atoms with Gasteiger partial charge in [-0.2, -0.15) is 4.98 Å². The first-order valence-electron chi connectivity index (χ1n) is 8.62. The number of hydrogen-bond donors (Lipinski definition) is 2. The molecule has 1 atom stereocenters. The summed E-state index contributed by atoms with van der Waals surface area (Å²) < 4.78 is 5.30. The molecule has 0 unspecified atom stereocenters. The quantitative estimate of drug-likeness (QED) is 0.651. The van der Waals surface area contributed by atoms with Crippen LogP contribution in [-0.2, 0) is 11.3 Å². The first-order valence-corrected chi connectivity index (χ1v) is 9.43. The van der Waals surface area contributed by atoms with E-state index in [-0.39, 0.29) is 11.8 Å². The van der Waals surface area contributed by atoms with Gasteiger partial charge in [-0.15, -0.1) is 11.3 Å². The second-order valence-corrected chi connectivity index (χ2v) is 7.08. The highest BCUT2D eigenvalue weighted by Crippen LogP contribution is 2.26. The maximum Gasteiger partial charge on any atom is 0.251 e. The lowest BCUT2D eigenvalue weighted by atomic mass is 10.2. The van der Waals surface area contributed by atoms with E-state index in [1.54, 1.807) is 19.1 Å². The molecule has 2 aromatic heterocycles. The number of nitrogens with one attached hydrogen (secondary N) is 2. The van der Waals surface area contributed by atoms with Gasteiger partial charge >= 0.3 is 0 Å². The maximum atomic E-state index is 12.2. The van der Waals surface area contributed by atoms with Crippen LogP contribution in [0.2, 0.25) is 0 Å². The van der Waals surface area contributed by atoms with E-state index in [4.69, 9.17) is 4.52 Å². The molecule has 0 spiro atoms. The summed E-state index contributed by atoms with van der Waals surface area (Å²) in [5.74, 6) is 0.607. The van der Waals surface area contributed by atoms with Crippen molar-refractivity contribution in [3.05, 3.63) is 58.8 Å². The number of carbonyl (C=O) groups is 2. The van der Waals surface area contributed by atoms with Crippen molar-refractivity contribution in [2.75, 3.05) is 0 Å². The van der Waals surface area contributed by atoms with E-state index in [2.05, 4.69) is 20.8 Å². The molecular weight excluding hydrogens is 364 g/mol. The van der Waals surface area contributed by atoms with Crippen LogP contribution in [0.25, 0.3) is 10.7 Å². The fourth-order valence-corrected chi connectivity index (χ4v) is 3.22. The molecule has 2 heterocycles. The van der Waals surface area contributed by atoms with Gasteiger partial charge in [0.1, 0.15) is 6.04 Å². The van der Waals surface area contributed by atoms with E-state index in [9.17, 15) is 9.59 Å². The molecule has 27 heavy (non-hydrogen) atoms. The van der Waals surface area contributed by atoms with Gasteiger partial charge in [0.05, 0.1) is 11.4 Å². The normalized spacial score (nSPS) is 11.8. The average molecular weight is 384 g/mol. The van der Waals surface area contributed by atoms with Crippen molar-refractivity contribution >= 4 is 23.2 Å². The van der Waals surface area contributed by atoms with Crippen molar-refractivity contribution in [3.63, 3.8) is 0 Å². The van der Waals surface area contributed by atoms with Gasteiger partial charge in [-0.1, -0.05) is 30.3 Å². The molecule has 3 aromatic rings. The zero-order valence-corrected chi connectivity index (χ0v) is 15.9. The number of nitrogens with zero attached hydrogens (tertiary/aromatic N) is 2. The minimum absolute atomic E-state index is 0.00906. The molecule has 3 rings (SSSR count). The first-order chi connectivity index (χ1) is 13.1. The van der Waals surface area contributed by atoms with Gasteiger partial charge in [-0.05, 0) is 31.2 Å². The number of benzene rings is 1. The molecule has 2 N–H and O–H groups in total. The predicted molar refractivity (Wildman–Crippen MR) is 102 cm³/mol. The molecule has 0 aliphatic rings. The molecule has 0 radical (unpaired) electrons. The summed E-state index contributed by atoms with van der Waals surface area (Å²) in [6.07, 6.45) is 0.457. The van der Waals surface area contributed by atoms with Gasteiger partial charge in [0.15, 0.2) is 0 Å². The number of thiophene rings is 1. The van der Waals surface area contributed by atoms with E-state index < -0.39 is 6.04 Å². The molecule has 2 amide bonds. The van der Waals surface area contributed by atoms with Crippen LogP contribution in [0, 0.1) is 0 Å². The Morgan fingerprint density at radius 1 is 1.19 bits per heavy atom. The third-order valence-corrected chi connectivity index (χ3v) is 4.94. The van der Waals surface area contributed by atoms with E-state index in [1.165, 1.54) is 11.3 Å². The maximum absolute atomic E-state index is 12.2. The zero-order chi connectivity index (χ0) is 19.2. The third kappa shape index (κ3) is 4.79. The Labute approximate surface area is 160 Å². The van der Waals surface area contributed by atoms with Crippen LogP contribution in [0.4, 0.5) is 0 Å². The average Bonchev–Trinajstić information content (AvgIpc) is 3.36. The van der Waals surface area contributed by atoms with Gasteiger partial charge in [-0.25, -0.2) is 0 Å². The number of aromatic nitrogens is 2. The van der Waals surface area contributed by atoms with Crippen molar-refractivity contribution < 1.29 is 14.1 Å². The van der Waals surface area contributed by atoms with Gasteiger partial charge in [0, 0.05) is 16.9 Å². The summed E-state index contributed by atoms with van der Waals surface area (Å²) in [4.78, 5) is 29.8. The molecule has 0 aliphatic carbocycles. The third-order valence-electron chi connectivity index (χ3n) is 3.86. The van der Waals surface area contributed by atoms with Gasteiger partial charge in [-0.3, -0.25) is 9.59 Å². The number of hydrogen-bond acceptors (Lipinski definition) is 6. The summed E-state index contributed by atoms with van der Waals surface area (Å²) in [6.45, 7) is 4.08. The van der Waals surface area contributed by atoms with Crippen molar-refractivity contribution in [1.29, 1.82) is 0 Å². The second-order valence-electron chi connectivity index (χ2n) is 5.91. The fourth-order valence-electron chi connectivity index (χ4n) is 2.35. The Kier molecular flexibility index (Phi) is 5.97. The highest BCUT2D eigenvalue weighted by atomic mass is 32.1. The Balaban J connectivity index is 1.63. The Hall–Kier alpha value is -3.00. The van der Waals surface area contributed by atoms with E-state index in [0.717, 1.165) is 9.75 Å². The van der Waals surface area contributed by atoms with Crippen LogP contribution in [0.15, 0.2) is 47.0 Å². The molecule has 140 valence electrons. The standard InChI is InChI=1S/C19H20N4O3S/c1-3-16(24)20-11-14-9-10-15(27-14)17-22-19(26-23-17)12(2)21-18(25)13-7-5-4-6-8-13/h4-10,12H,3,11H2,1-2H3,(H,20,24)(H,21,25)/t12-/m1/s1. The Morgan fingerprint density at radius 2 is 1.96 bits per heavy atom. The fraction of sp³-hybridized carbons (Fsp3) is 0.263. The SMILES string of the molecule is CCC(=O)NCc1ccc(-c2noc([C@@H](C)NC(=O)c3ccccc3)n2)s1. The van der Waals surface area contributed by atoms with Crippen LogP contribution < -0.4 is 10.6 Å². The van der Waals surface area contributed by atoms with Crippen molar-refractivity contribution in [3.8, 4) is 10.7 Å². The second kappa shape index (κ2) is 8.59. The number of amides is 2. The summed E-state index contributed by atoms with van der Waals surface area (Å²) in [7, 11) is 0. The molecular formula is C19H20N4O3S. The molecule has 8 heteroatoms. The topological polar surface area (TPSA) is 97.1 Å². The van der Waals surface area contributed by atoms with Crippen LogP contribution >= 0.6 is 11.3 Å². The summed E-state index contributed by atoms with van der Waals surface area (Å²) in [5.41, 5.74) is 0.570. The first kappa shape index (κ1) is 18.8. The Morgan fingerprint density at radius 3 is 2.70 bits per heavy atom. The Bertz CT molecular complexity index is 920. The van der Waals surface area contributed by atoms with Gasteiger partial charge in [0.25, 0.3) is 5.91 Å². The predicted octanol–water partition coefficient (Wildman–Crippen LogP) is 3.32. The smallest absolute Gasteiger partial charge is 0.251 e. The van der Waals surface area contributed by atoms with E-state index in [1.807, 2.05) is 37.3 Å². The molecule has 0 saturated carbocycles. The lowest BCUT2D eigenvalue weighted by Gasteiger charge is -2.09. The van der Waals surface area contributed by atoms with E-state index in [0.29, 0.717) is 30.2 Å².